The molecule has 2 N–H and O–H groups in total. The first-order chi connectivity index (χ1) is 9.70. The third-order valence-corrected chi connectivity index (χ3v) is 4.79. The van der Waals surface area contributed by atoms with Gasteiger partial charge in [-0.05, 0) is 54.4 Å². The molecule has 2 aromatic rings. The number of rotatable bonds is 4. The number of nitrogens with one attached hydrogen (secondary N) is 1. The van der Waals surface area contributed by atoms with E-state index in [0.29, 0.717) is 4.47 Å². The van der Waals surface area contributed by atoms with Crippen LogP contribution >= 0.6 is 15.9 Å². The van der Waals surface area contributed by atoms with Gasteiger partial charge < -0.3 is 5.11 Å². The highest BCUT2D eigenvalue weighted by Gasteiger charge is 2.20. The molecule has 2 rings (SSSR count). The van der Waals surface area contributed by atoms with Crippen LogP contribution in [0.15, 0.2) is 33.9 Å². The molecule has 1 aromatic carbocycles. The van der Waals surface area contributed by atoms with Gasteiger partial charge in [0.2, 0.25) is 0 Å². The van der Waals surface area contributed by atoms with Crippen LogP contribution in [-0.2, 0) is 10.0 Å². The first kappa shape index (κ1) is 15.8. The Morgan fingerprint density at radius 1 is 1.38 bits per heavy atom. The van der Waals surface area contributed by atoms with Gasteiger partial charge in [0.05, 0.1) is 16.4 Å². The Kier molecular flexibility index (Phi) is 4.29. The predicted octanol–water partition coefficient (Wildman–Crippen LogP) is 3.04. The molecule has 0 fully saturated rings. The quantitative estimate of drug-likeness (QED) is 0.806. The third kappa shape index (κ3) is 3.38. The van der Waals surface area contributed by atoms with Crippen molar-refractivity contribution in [2.75, 3.05) is 4.72 Å². The topological polar surface area (TPSA) is 84.2 Å². The van der Waals surface area contributed by atoms with Gasteiger partial charge in [0.1, 0.15) is 4.90 Å². The molecule has 6 nitrogen and oxygen atoms in total. The molecule has 0 aliphatic heterocycles. The highest BCUT2D eigenvalue weighted by atomic mass is 79.9. The fraction of sp³-hybridized carbons (Fsp3) is 0.308. The molecule has 0 aliphatic carbocycles. The summed E-state index contributed by atoms with van der Waals surface area (Å²) in [5, 5.41) is 13.9. The Labute approximate surface area is 132 Å². The number of aryl methyl sites for hydroxylation is 1. The highest BCUT2D eigenvalue weighted by Crippen LogP contribution is 2.34. The zero-order valence-electron chi connectivity index (χ0n) is 11.8. The second-order valence-electron chi connectivity index (χ2n) is 5.00. The number of hydrogen-bond acceptors (Lipinski definition) is 4. The van der Waals surface area contributed by atoms with Crippen molar-refractivity contribution in [2.24, 2.45) is 0 Å². The molecule has 0 amide bonds. The summed E-state index contributed by atoms with van der Waals surface area (Å²) in [6.45, 7) is 5.61. The first-order valence-electron chi connectivity index (χ1n) is 6.27. The number of aromatic nitrogens is 2. The van der Waals surface area contributed by atoms with Crippen molar-refractivity contribution in [1.29, 1.82) is 0 Å². The molecule has 114 valence electrons. The van der Waals surface area contributed by atoms with Gasteiger partial charge in [-0.15, -0.1) is 0 Å². The van der Waals surface area contributed by atoms with E-state index in [1.54, 1.807) is 23.7 Å². The standard InChI is InChI=1S/C13H16BrN3O3S/c1-8(2)17-7-10(6-15-17)21(19,20)16-12-5-9(3)4-11(14)13(12)18/h4-8,16,18H,1-3H3. The Bertz CT molecular complexity index is 769. The lowest BCUT2D eigenvalue weighted by Crippen LogP contribution is -2.13. The van der Waals surface area contributed by atoms with Crippen LogP contribution in [0.1, 0.15) is 25.5 Å². The zero-order chi connectivity index (χ0) is 15.8. The molecule has 0 spiro atoms. The molecule has 0 unspecified atom stereocenters. The van der Waals surface area contributed by atoms with E-state index in [4.69, 9.17) is 0 Å². The fourth-order valence-corrected chi connectivity index (χ4v) is 3.33. The molecule has 21 heavy (non-hydrogen) atoms. The summed E-state index contributed by atoms with van der Waals surface area (Å²) in [4.78, 5) is 0.0493. The second-order valence-corrected chi connectivity index (χ2v) is 7.53. The summed E-state index contributed by atoms with van der Waals surface area (Å²) >= 11 is 3.18. The summed E-state index contributed by atoms with van der Waals surface area (Å²) in [5.41, 5.74) is 0.939. The number of phenolic OH excluding ortho intramolecular Hbond substituents is 1. The number of aromatic hydroxyl groups is 1. The molecule has 0 saturated heterocycles. The number of benzene rings is 1. The lowest BCUT2D eigenvalue weighted by Gasteiger charge is -2.10. The molecular weight excluding hydrogens is 358 g/mol. The first-order valence-corrected chi connectivity index (χ1v) is 8.54. The third-order valence-electron chi connectivity index (χ3n) is 2.87. The smallest absolute Gasteiger partial charge is 0.265 e. The van der Waals surface area contributed by atoms with Crippen LogP contribution in [-0.4, -0.2) is 23.3 Å². The molecule has 8 heteroatoms. The van der Waals surface area contributed by atoms with Crippen LogP contribution in [0.4, 0.5) is 5.69 Å². The van der Waals surface area contributed by atoms with Gasteiger partial charge in [-0.3, -0.25) is 9.40 Å². The second kappa shape index (κ2) is 5.69. The number of hydrogen-bond donors (Lipinski definition) is 2. The number of nitrogens with zero attached hydrogens (tertiary/aromatic N) is 2. The van der Waals surface area contributed by atoms with Crippen LogP contribution in [0.3, 0.4) is 0 Å². The van der Waals surface area contributed by atoms with Gasteiger partial charge in [-0.2, -0.15) is 5.10 Å². The lowest BCUT2D eigenvalue weighted by atomic mass is 10.2. The van der Waals surface area contributed by atoms with Crippen LogP contribution < -0.4 is 4.72 Å². The monoisotopic (exact) mass is 373 g/mol. The van der Waals surface area contributed by atoms with Crippen molar-refractivity contribution in [3.63, 3.8) is 0 Å². The predicted molar refractivity (Wildman–Crippen MR) is 84.0 cm³/mol. The average molecular weight is 374 g/mol. The van der Waals surface area contributed by atoms with Gasteiger partial charge >= 0.3 is 0 Å². The minimum absolute atomic E-state index is 0.0493. The summed E-state index contributed by atoms with van der Waals surface area (Å²) in [5.74, 6) is -0.152. The molecule has 0 atom stereocenters. The average Bonchev–Trinajstić information content (AvgIpc) is 2.85. The van der Waals surface area contributed by atoms with Gasteiger partial charge in [-0.25, -0.2) is 8.42 Å². The normalized spacial score (nSPS) is 11.9. The SMILES string of the molecule is Cc1cc(Br)c(O)c(NS(=O)(=O)c2cnn(C(C)C)c2)c1. The van der Waals surface area contributed by atoms with Crippen molar-refractivity contribution < 1.29 is 13.5 Å². The van der Waals surface area contributed by atoms with Gasteiger partial charge in [0, 0.05) is 12.2 Å². The number of sulfonamides is 1. The lowest BCUT2D eigenvalue weighted by molar-refractivity contribution is 0.474. The van der Waals surface area contributed by atoms with Gasteiger partial charge in [0.25, 0.3) is 10.0 Å². The Balaban J connectivity index is 2.37. The zero-order valence-corrected chi connectivity index (χ0v) is 14.2. The summed E-state index contributed by atoms with van der Waals surface area (Å²) in [6, 6.07) is 3.32. The Hall–Kier alpha value is -1.54. The van der Waals surface area contributed by atoms with E-state index >= 15 is 0 Å². The van der Waals surface area contributed by atoms with Crippen LogP contribution in [0.25, 0.3) is 0 Å². The van der Waals surface area contributed by atoms with E-state index in [9.17, 15) is 13.5 Å². The minimum Gasteiger partial charge on any atom is -0.505 e. The summed E-state index contributed by atoms with van der Waals surface area (Å²) in [6.07, 6.45) is 2.74. The van der Waals surface area contributed by atoms with E-state index in [1.807, 2.05) is 13.8 Å². The molecule has 0 aliphatic rings. The highest BCUT2D eigenvalue weighted by molar-refractivity contribution is 9.10. The van der Waals surface area contributed by atoms with Crippen molar-refractivity contribution in [3.05, 3.63) is 34.6 Å². The number of anilines is 1. The Morgan fingerprint density at radius 3 is 2.62 bits per heavy atom. The van der Waals surface area contributed by atoms with Crippen molar-refractivity contribution in [3.8, 4) is 5.75 Å². The molecule has 0 bridgehead atoms. The van der Waals surface area contributed by atoms with E-state index in [1.165, 1.54) is 12.4 Å². The minimum atomic E-state index is -3.80. The number of halogens is 1. The molecule has 1 heterocycles. The van der Waals surface area contributed by atoms with E-state index in [2.05, 4.69) is 25.8 Å². The summed E-state index contributed by atoms with van der Waals surface area (Å²) < 4.78 is 29.0. The van der Waals surface area contributed by atoms with Gasteiger partial charge in [0.15, 0.2) is 5.75 Å². The molecule has 1 aromatic heterocycles. The molecule has 0 radical (unpaired) electrons. The maximum atomic E-state index is 12.3. The van der Waals surface area contributed by atoms with Crippen LogP contribution in [0.5, 0.6) is 5.75 Å². The Morgan fingerprint density at radius 2 is 2.05 bits per heavy atom. The maximum Gasteiger partial charge on any atom is 0.265 e. The van der Waals surface area contributed by atoms with Gasteiger partial charge in [-0.1, -0.05) is 0 Å². The number of phenols is 1. The van der Waals surface area contributed by atoms with E-state index in [0.717, 1.165) is 5.56 Å². The fourth-order valence-electron chi connectivity index (χ4n) is 1.76. The summed E-state index contributed by atoms with van der Waals surface area (Å²) in [7, 11) is -3.80. The molecule has 0 saturated carbocycles. The van der Waals surface area contributed by atoms with Crippen LogP contribution in [0, 0.1) is 6.92 Å². The largest absolute Gasteiger partial charge is 0.505 e. The molecular formula is C13H16BrN3O3S. The van der Waals surface area contributed by atoms with E-state index in [-0.39, 0.29) is 22.4 Å². The van der Waals surface area contributed by atoms with Crippen molar-refractivity contribution in [1.82, 2.24) is 9.78 Å². The van der Waals surface area contributed by atoms with Crippen molar-refractivity contribution >= 4 is 31.6 Å². The van der Waals surface area contributed by atoms with E-state index < -0.39 is 10.0 Å². The maximum absolute atomic E-state index is 12.3. The van der Waals surface area contributed by atoms with Crippen LogP contribution in [0.2, 0.25) is 0 Å². The van der Waals surface area contributed by atoms with Crippen molar-refractivity contribution in [2.45, 2.75) is 31.7 Å².